The second-order valence-electron chi connectivity index (χ2n) is 3.15. The van der Waals surface area contributed by atoms with E-state index in [-0.39, 0.29) is 6.10 Å². The van der Waals surface area contributed by atoms with Crippen molar-refractivity contribution in [3.8, 4) is 0 Å². The topological polar surface area (TPSA) is 20.2 Å². The van der Waals surface area contributed by atoms with Crippen LogP contribution in [0.4, 0.5) is 0 Å². The monoisotopic (exact) mass is 160 g/mol. The van der Waals surface area contributed by atoms with Crippen molar-refractivity contribution >= 4 is 11.8 Å². The Kier molecular flexibility index (Phi) is 3.05. The molecular weight excluding hydrogens is 144 g/mol. The van der Waals surface area contributed by atoms with Crippen LogP contribution in [-0.2, 0) is 0 Å². The summed E-state index contributed by atoms with van der Waals surface area (Å²) < 4.78 is 0. The van der Waals surface area contributed by atoms with Crippen LogP contribution >= 0.6 is 11.8 Å². The molecule has 0 saturated carbocycles. The lowest BCUT2D eigenvalue weighted by Crippen LogP contribution is -2.23. The van der Waals surface area contributed by atoms with Crippen LogP contribution in [-0.4, -0.2) is 22.7 Å². The first-order valence-corrected chi connectivity index (χ1v) is 5.17. The van der Waals surface area contributed by atoms with Crippen LogP contribution in [0.2, 0.25) is 0 Å². The van der Waals surface area contributed by atoms with Gasteiger partial charge in [0.25, 0.3) is 0 Å². The summed E-state index contributed by atoms with van der Waals surface area (Å²) in [7, 11) is 0. The van der Waals surface area contributed by atoms with E-state index in [2.05, 4.69) is 13.8 Å². The molecule has 0 aromatic heterocycles. The maximum absolute atomic E-state index is 9.47. The third kappa shape index (κ3) is 1.67. The van der Waals surface area contributed by atoms with E-state index >= 15 is 0 Å². The lowest BCUT2D eigenvalue weighted by atomic mass is 9.90. The highest BCUT2D eigenvalue weighted by Crippen LogP contribution is 2.31. The molecule has 3 unspecified atom stereocenters. The number of rotatable bonds is 2. The first kappa shape index (κ1) is 8.41. The number of aliphatic hydroxyl groups excluding tert-OH is 1. The lowest BCUT2D eigenvalue weighted by molar-refractivity contribution is 0.117. The number of aliphatic hydroxyl groups is 1. The summed E-state index contributed by atoms with van der Waals surface area (Å²) in [6.45, 7) is 4.43. The highest BCUT2D eigenvalue weighted by atomic mass is 32.2. The molecule has 0 bridgehead atoms. The van der Waals surface area contributed by atoms with Gasteiger partial charge in [0, 0.05) is 5.75 Å². The fraction of sp³-hybridized carbons (Fsp3) is 1.00. The van der Waals surface area contributed by atoms with Crippen LogP contribution < -0.4 is 0 Å². The van der Waals surface area contributed by atoms with Crippen molar-refractivity contribution in [3.63, 3.8) is 0 Å². The van der Waals surface area contributed by atoms with Gasteiger partial charge in [0.2, 0.25) is 0 Å². The maximum Gasteiger partial charge on any atom is 0.0669 e. The molecule has 1 heterocycles. The van der Waals surface area contributed by atoms with Gasteiger partial charge in [-0.2, -0.15) is 11.8 Å². The molecule has 1 nitrogen and oxygen atoms in total. The first-order valence-electron chi connectivity index (χ1n) is 4.01. The average molecular weight is 160 g/mol. The third-order valence-electron chi connectivity index (χ3n) is 2.47. The Morgan fingerprint density at radius 3 is 2.70 bits per heavy atom. The van der Waals surface area contributed by atoms with Crippen LogP contribution in [0.5, 0.6) is 0 Å². The van der Waals surface area contributed by atoms with Crippen molar-refractivity contribution in [2.45, 2.75) is 26.4 Å². The summed E-state index contributed by atoms with van der Waals surface area (Å²) in [6.07, 6.45) is 1.17. The van der Waals surface area contributed by atoms with Gasteiger partial charge in [-0.15, -0.1) is 0 Å². The minimum atomic E-state index is -0.0278. The Hall–Kier alpha value is 0.310. The van der Waals surface area contributed by atoms with Gasteiger partial charge in [-0.3, -0.25) is 0 Å². The highest BCUT2D eigenvalue weighted by Gasteiger charge is 2.29. The molecule has 60 valence electrons. The second kappa shape index (κ2) is 3.63. The summed E-state index contributed by atoms with van der Waals surface area (Å²) in [5.41, 5.74) is 0. The molecule has 0 aliphatic carbocycles. The molecule has 0 aromatic carbocycles. The Bertz CT molecular complexity index is 105. The number of thioether (sulfide) groups is 1. The van der Waals surface area contributed by atoms with Gasteiger partial charge in [-0.25, -0.2) is 0 Å². The van der Waals surface area contributed by atoms with Crippen LogP contribution in [0.25, 0.3) is 0 Å². The molecule has 1 aliphatic rings. The van der Waals surface area contributed by atoms with E-state index in [0.717, 1.165) is 11.5 Å². The van der Waals surface area contributed by atoms with E-state index < -0.39 is 0 Å². The fourth-order valence-corrected chi connectivity index (χ4v) is 2.85. The van der Waals surface area contributed by atoms with Gasteiger partial charge < -0.3 is 5.11 Å². The molecule has 10 heavy (non-hydrogen) atoms. The largest absolute Gasteiger partial charge is 0.392 e. The molecule has 1 N–H and O–H groups in total. The number of hydrogen-bond donors (Lipinski definition) is 1. The molecule has 0 amide bonds. The predicted octanol–water partition coefficient (Wildman–Crippen LogP) is 1.76. The summed E-state index contributed by atoms with van der Waals surface area (Å²) in [6, 6.07) is 0. The minimum absolute atomic E-state index is 0.0278. The summed E-state index contributed by atoms with van der Waals surface area (Å²) in [4.78, 5) is 0. The maximum atomic E-state index is 9.47. The predicted molar refractivity (Wildman–Crippen MR) is 46.3 cm³/mol. The summed E-state index contributed by atoms with van der Waals surface area (Å²) >= 11 is 1.88. The van der Waals surface area contributed by atoms with Crippen molar-refractivity contribution in [1.82, 2.24) is 0 Å². The van der Waals surface area contributed by atoms with Gasteiger partial charge in [-0.05, 0) is 17.6 Å². The second-order valence-corrected chi connectivity index (χ2v) is 4.23. The summed E-state index contributed by atoms with van der Waals surface area (Å²) in [5.74, 6) is 3.38. The molecule has 1 aliphatic heterocycles. The van der Waals surface area contributed by atoms with Crippen molar-refractivity contribution in [2.75, 3.05) is 11.5 Å². The van der Waals surface area contributed by atoms with Crippen molar-refractivity contribution in [1.29, 1.82) is 0 Å². The Morgan fingerprint density at radius 2 is 2.30 bits per heavy atom. The minimum Gasteiger partial charge on any atom is -0.392 e. The molecule has 0 radical (unpaired) electrons. The van der Waals surface area contributed by atoms with Gasteiger partial charge in [0.15, 0.2) is 0 Å². The molecule has 1 fully saturated rings. The van der Waals surface area contributed by atoms with E-state index in [1.54, 1.807) is 0 Å². The van der Waals surface area contributed by atoms with Crippen molar-refractivity contribution < 1.29 is 5.11 Å². The third-order valence-corrected chi connectivity index (χ3v) is 3.67. The van der Waals surface area contributed by atoms with Crippen LogP contribution in [0.1, 0.15) is 20.3 Å². The van der Waals surface area contributed by atoms with Crippen LogP contribution in [0, 0.1) is 11.8 Å². The molecule has 1 saturated heterocycles. The molecule has 1 rings (SSSR count). The normalized spacial score (nSPS) is 36.3. The van der Waals surface area contributed by atoms with E-state index in [1.807, 2.05) is 11.8 Å². The molecular formula is C8H16OS. The van der Waals surface area contributed by atoms with Gasteiger partial charge in [-0.1, -0.05) is 20.3 Å². The Morgan fingerprint density at radius 1 is 1.60 bits per heavy atom. The zero-order valence-corrected chi connectivity index (χ0v) is 7.53. The molecule has 3 atom stereocenters. The zero-order valence-electron chi connectivity index (χ0n) is 6.71. The average Bonchev–Trinajstić information content (AvgIpc) is 2.34. The van der Waals surface area contributed by atoms with Gasteiger partial charge >= 0.3 is 0 Å². The Labute approximate surface area is 67.2 Å². The molecule has 0 spiro atoms. The molecule has 0 aromatic rings. The van der Waals surface area contributed by atoms with Crippen molar-refractivity contribution in [2.24, 2.45) is 11.8 Å². The van der Waals surface area contributed by atoms with Crippen molar-refractivity contribution in [3.05, 3.63) is 0 Å². The van der Waals surface area contributed by atoms with E-state index in [9.17, 15) is 5.11 Å². The molecule has 2 heteroatoms. The van der Waals surface area contributed by atoms with Gasteiger partial charge in [0.05, 0.1) is 6.10 Å². The van der Waals surface area contributed by atoms with Crippen LogP contribution in [0.15, 0.2) is 0 Å². The first-order chi connectivity index (χ1) is 4.75. The SMILES string of the molecule is CCC(C)C1CSCC1O. The lowest BCUT2D eigenvalue weighted by Gasteiger charge is -2.19. The summed E-state index contributed by atoms with van der Waals surface area (Å²) in [5, 5.41) is 9.47. The standard InChI is InChI=1S/C8H16OS/c1-3-6(2)7-4-10-5-8(7)9/h6-9H,3-5H2,1-2H3. The quantitative estimate of drug-likeness (QED) is 0.664. The van der Waals surface area contributed by atoms with Crippen LogP contribution in [0.3, 0.4) is 0 Å². The fourth-order valence-electron chi connectivity index (χ4n) is 1.41. The highest BCUT2D eigenvalue weighted by molar-refractivity contribution is 7.99. The van der Waals surface area contributed by atoms with E-state index in [4.69, 9.17) is 0 Å². The Balaban J connectivity index is 2.38. The zero-order chi connectivity index (χ0) is 7.56. The van der Waals surface area contributed by atoms with Gasteiger partial charge in [0.1, 0.15) is 0 Å². The van der Waals surface area contributed by atoms with E-state index in [1.165, 1.54) is 6.42 Å². The number of hydrogen-bond acceptors (Lipinski definition) is 2. The van der Waals surface area contributed by atoms with E-state index in [0.29, 0.717) is 11.8 Å². The smallest absolute Gasteiger partial charge is 0.0669 e.